The van der Waals surface area contributed by atoms with Crippen LogP contribution in [-0.4, -0.2) is 42.5 Å². The number of rotatable bonds is 5. The maximum Gasteiger partial charge on any atom is 0.430 e. The smallest absolute Gasteiger partial charge is 0.430 e. The molecule has 0 heterocycles. The van der Waals surface area contributed by atoms with Crippen LogP contribution in [0.1, 0.15) is 40.2 Å². The van der Waals surface area contributed by atoms with Crippen molar-refractivity contribution in [3.05, 3.63) is 35.9 Å². The number of carbonyl (C=O) groups excluding carboxylic acids is 3. The third-order valence-electron chi connectivity index (χ3n) is 3.43. The Kier molecular flexibility index (Phi) is 7.42. The van der Waals surface area contributed by atoms with Crippen molar-refractivity contribution in [2.24, 2.45) is 0 Å². The predicted molar refractivity (Wildman–Crippen MR) is 94.0 cm³/mol. The van der Waals surface area contributed by atoms with Crippen molar-refractivity contribution in [3.63, 3.8) is 0 Å². The second-order valence-corrected chi connectivity index (χ2v) is 6.26. The summed E-state index contributed by atoms with van der Waals surface area (Å²) in [5.41, 5.74) is 1.06. The van der Waals surface area contributed by atoms with E-state index in [2.05, 4.69) is 5.43 Å². The van der Waals surface area contributed by atoms with Crippen LogP contribution in [0.15, 0.2) is 30.3 Å². The number of hydrogen-bond donors (Lipinski definition) is 1. The van der Waals surface area contributed by atoms with Gasteiger partial charge in [0, 0.05) is 0 Å². The van der Waals surface area contributed by atoms with Gasteiger partial charge in [-0.25, -0.2) is 19.8 Å². The van der Waals surface area contributed by atoms with Crippen LogP contribution in [0.3, 0.4) is 0 Å². The van der Waals surface area contributed by atoms with Gasteiger partial charge in [-0.15, -0.1) is 0 Å². The summed E-state index contributed by atoms with van der Waals surface area (Å²) in [5, 5.41) is 0.791. The number of benzene rings is 1. The van der Waals surface area contributed by atoms with E-state index in [0.717, 1.165) is 5.01 Å². The third kappa shape index (κ3) is 5.11. The summed E-state index contributed by atoms with van der Waals surface area (Å²) in [5.74, 6) is -0.755. The van der Waals surface area contributed by atoms with Gasteiger partial charge in [0.1, 0.15) is 0 Å². The predicted octanol–water partition coefficient (Wildman–Crippen LogP) is 2.97. The maximum atomic E-state index is 12.6. The van der Waals surface area contributed by atoms with Gasteiger partial charge in [0.05, 0.1) is 19.3 Å². The Hall–Kier alpha value is -2.77. The highest BCUT2D eigenvalue weighted by molar-refractivity contribution is 5.88. The first-order valence-corrected chi connectivity index (χ1v) is 8.25. The molecule has 1 rings (SSSR count). The van der Waals surface area contributed by atoms with E-state index < -0.39 is 35.9 Å². The molecule has 0 aliphatic heterocycles. The van der Waals surface area contributed by atoms with Crippen LogP contribution >= 0.6 is 0 Å². The SMILES string of the molecule is COC(=O)C(C)(c1ccccc1)N(NC(=O)OC(C)C)C(=O)OC(C)C. The molecule has 1 aromatic rings. The minimum absolute atomic E-state index is 0.418. The van der Waals surface area contributed by atoms with E-state index in [1.807, 2.05) is 0 Å². The van der Waals surface area contributed by atoms with Crippen molar-refractivity contribution >= 4 is 18.2 Å². The molecule has 1 unspecified atom stereocenters. The molecule has 0 aromatic heterocycles. The van der Waals surface area contributed by atoms with E-state index in [1.165, 1.54) is 14.0 Å². The van der Waals surface area contributed by atoms with Crippen molar-refractivity contribution in [1.82, 2.24) is 10.4 Å². The van der Waals surface area contributed by atoms with Crippen LogP contribution in [0.2, 0.25) is 0 Å². The summed E-state index contributed by atoms with van der Waals surface area (Å²) in [4.78, 5) is 37.4. The Morgan fingerprint density at radius 2 is 1.54 bits per heavy atom. The number of amides is 2. The number of esters is 1. The molecular weight excluding hydrogens is 340 g/mol. The number of nitrogens with one attached hydrogen (secondary N) is 1. The molecule has 8 heteroatoms. The first kappa shape index (κ1) is 21.3. The van der Waals surface area contributed by atoms with E-state index in [-0.39, 0.29) is 0 Å². The quantitative estimate of drug-likeness (QED) is 0.489. The van der Waals surface area contributed by atoms with Crippen LogP contribution < -0.4 is 5.43 Å². The molecule has 0 spiro atoms. The van der Waals surface area contributed by atoms with Gasteiger partial charge >= 0.3 is 18.2 Å². The normalized spacial score (nSPS) is 12.9. The fraction of sp³-hybridized carbons (Fsp3) is 0.500. The summed E-state index contributed by atoms with van der Waals surface area (Å²) in [6.07, 6.45) is -2.70. The Morgan fingerprint density at radius 3 is 2.00 bits per heavy atom. The Labute approximate surface area is 153 Å². The number of hydrazine groups is 1. The van der Waals surface area contributed by atoms with Gasteiger partial charge in [-0.3, -0.25) is 0 Å². The minimum Gasteiger partial charge on any atom is -0.467 e. The zero-order valence-corrected chi connectivity index (χ0v) is 15.9. The van der Waals surface area contributed by atoms with Gasteiger partial charge in [-0.05, 0) is 40.2 Å². The number of carbonyl (C=O) groups is 3. The lowest BCUT2D eigenvalue weighted by molar-refractivity contribution is -0.156. The fourth-order valence-electron chi connectivity index (χ4n) is 2.23. The summed E-state index contributed by atoms with van der Waals surface area (Å²) in [6, 6.07) is 8.45. The van der Waals surface area contributed by atoms with Gasteiger partial charge < -0.3 is 14.2 Å². The van der Waals surface area contributed by atoms with Crippen LogP contribution in [0, 0.1) is 0 Å². The van der Waals surface area contributed by atoms with Crippen LogP contribution in [0.4, 0.5) is 9.59 Å². The molecular formula is C18H26N2O6. The van der Waals surface area contributed by atoms with E-state index in [0.29, 0.717) is 5.56 Å². The average Bonchev–Trinajstić information content (AvgIpc) is 2.57. The molecule has 0 saturated carbocycles. The topological polar surface area (TPSA) is 94.2 Å². The van der Waals surface area contributed by atoms with Crippen LogP contribution in [0.25, 0.3) is 0 Å². The van der Waals surface area contributed by atoms with Crippen molar-refractivity contribution < 1.29 is 28.6 Å². The monoisotopic (exact) mass is 366 g/mol. The zero-order valence-electron chi connectivity index (χ0n) is 15.9. The first-order valence-electron chi connectivity index (χ1n) is 8.25. The largest absolute Gasteiger partial charge is 0.467 e. The molecule has 26 heavy (non-hydrogen) atoms. The highest BCUT2D eigenvalue weighted by atomic mass is 16.6. The number of ether oxygens (including phenoxy) is 3. The van der Waals surface area contributed by atoms with Gasteiger partial charge in [-0.1, -0.05) is 30.3 Å². The Bertz CT molecular complexity index is 632. The van der Waals surface area contributed by atoms with Gasteiger partial charge in [0.2, 0.25) is 0 Å². The molecule has 1 N–H and O–H groups in total. The van der Waals surface area contributed by atoms with E-state index >= 15 is 0 Å². The zero-order chi connectivity index (χ0) is 19.9. The van der Waals surface area contributed by atoms with Crippen molar-refractivity contribution in [2.45, 2.75) is 52.4 Å². The molecule has 8 nitrogen and oxygen atoms in total. The summed E-state index contributed by atoms with van der Waals surface area (Å²) in [6.45, 7) is 8.08. The maximum absolute atomic E-state index is 12.6. The molecule has 2 amide bonds. The molecule has 0 radical (unpaired) electrons. The average molecular weight is 366 g/mol. The van der Waals surface area contributed by atoms with Crippen molar-refractivity contribution in [1.29, 1.82) is 0 Å². The molecule has 0 bridgehead atoms. The van der Waals surface area contributed by atoms with Crippen LogP contribution in [-0.2, 0) is 24.5 Å². The Balaban J connectivity index is 3.38. The number of methoxy groups -OCH3 is 1. The first-order chi connectivity index (χ1) is 12.1. The van der Waals surface area contributed by atoms with E-state index in [9.17, 15) is 14.4 Å². The second-order valence-electron chi connectivity index (χ2n) is 6.26. The lowest BCUT2D eigenvalue weighted by atomic mass is 9.91. The molecule has 0 fully saturated rings. The highest BCUT2D eigenvalue weighted by Gasteiger charge is 2.47. The Morgan fingerprint density at radius 1 is 1.00 bits per heavy atom. The summed E-state index contributed by atoms with van der Waals surface area (Å²) in [7, 11) is 1.20. The molecule has 1 atom stereocenters. The van der Waals surface area contributed by atoms with Crippen LogP contribution in [0.5, 0.6) is 0 Å². The van der Waals surface area contributed by atoms with E-state index in [1.54, 1.807) is 58.0 Å². The molecule has 0 aliphatic rings. The summed E-state index contributed by atoms with van der Waals surface area (Å²) < 4.78 is 15.1. The number of hydrogen-bond acceptors (Lipinski definition) is 6. The third-order valence-corrected chi connectivity index (χ3v) is 3.43. The molecule has 0 aliphatic carbocycles. The molecule has 0 saturated heterocycles. The lowest BCUT2D eigenvalue weighted by Crippen LogP contribution is -2.61. The number of nitrogens with zero attached hydrogens (tertiary/aromatic N) is 1. The highest BCUT2D eigenvalue weighted by Crippen LogP contribution is 2.29. The van der Waals surface area contributed by atoms with Crippen molar-refractivity contribution in [2.75, 3.05) is 7.11 Å². The second kappa shape index (κ2) is 9.07. The minimum atomic E-state index is -1.67. The lowest BCUT2D eigenvalue weighted by Gasteiger charge is -2.38. The molecule has 144 valence electrons. The van der Waals surface area contributed by atoms with Gasteiger partial charge in [0.15, 0.2) is 5.54 Å². The van der Waals surface area contributed by atoms with E-state index in [4.69, 9.17) is 14.2 Å². The standard InChI is InChI=1S/C18H26N2O6/c1-12(2)25-16(22)19-20(17(23)26-13(3)4)18(5,15(21)24-6)14-10-8-7-9-11-14/h7-13H,1-6H3,(H,19,22). The summed E-state index contributed by atoms with van der Waals surface area (Å²) >= 11 is 0. The van der Waals surface area contributed by atoms with Gasteiger partial charge in [0.25, 0.3) is 0 Å². The fourth-order valence-corrected chi connectivity index (χ4v) is 2.23. The molecule has 1 aromatic carbocycles. The van der Waals surface area contributed by atoms with Crippen molar-refractivity contribution in [3.8, 4) is 0 Å². The van der Waals surface area contributed by atoms with Gasteiger partial charge in [-0.2, -0.15) is 5.01 Å².